The molecule has 0 spiro atoms. The Hall–Kier alpha value is -3.20. The van der Waals surface area contributed by atoms with Crippen LogP contribution in [0.15, 0.2) is 65.8 Å². The van der Waals surface area contributed by atoms with Crippen molar-refractivity contribution < 1.29 is 22.6 Å². The summed E-state index contributed by atoms with van der Waals surface area (Å²) < 4.78 is 45.8. The fourth-order valence-electron chi connectivity index (χ4n) is 2.85. The Morgan fingerprint density at radius 2 is 1.93 bits per heavy atom. The van der Waals surface area contributed by atoms with E-state index in [1.54, 1.807) is 23.0 Å². The summed E-state index contributed by atoms with van der Waals surface area (Å²) in [6, 6.07) is 13.6. The molecule has 0 saturated heterocycles. The maximum Gasteiger partial charge on any atom is 0.261 e. The van der Waals surface area contributed by atoms with Gasteiger partial charge >= 0.3 is 0 Å². The first-order valence-electron chi connectivity index (χ1n) is 8.61. The van der Waals surface area contributed by atoms with Crippen LogP contribution in [0.2, 0.25) is 0 Å². The fourth-order valence-corrected chi connectivity index (χ4v) is 3.87. The number of anilines is 1. The highest BCUT2D eigenvalue weighted by Crippen LogP contribution is 2.31. The van der Waals surface area contributed by atoms with E-state index in [0.717, 1.165) is 0 Å². The summed E-state index contributed by atoms with van der Waals surface area (Å²) in [6.45, 7) is 0.822. The second-order valence-corrected chi connectivity index (χ2v) is 7.91. The first kappa shape index (κ1) is 18.2. The lowest BCUT2D eigenvalue weighted by Crippen LogP contribution is -2.33. The van der Waals surface area contributed by atoms with E-state index in [-0.39, 0.29) is 11.0 Å². The lowest BCUT2D eigenvalue weighted by Gasteiger charge is -2.26. The Kier molecular flexibility index (Phi) is 4.82. The van der Waals surface area contributed by atoms with Gasteiger partial charge in [0.2, 0.25) is 0 Å². The molecule has 0 amide bonds. The van der Waals surface area contributed by atoms with Crippen molar-refractivity contribution in [3.05, 3.63) is 60.9 Å². The van der Waals surface area contributed by atoms with Gasteiger partial charge in [0.25, 0.3) is 10.0 Å². The van der Waals surface area contributed by atoms with Gasteiger partial charge in [-0.15, -0.1) is 0 Å². The third kappa shape index (κ3) is 3.89. The highest BCUT2D eigenvalue weighted by Gasteiger charge is 2.22. The number of nitrogens with zero attached hydrogens (tertiary/aromatic N) is 2. The van der Waals surface area contributed by atoms with E-state index < -0.39 is 10.0 Å². The van der Waals surface area contributed by atoms with Crippen LogP contribution >= 0.6 is 0 Å². The largest absolute Gasteiger partial charge is 0.497 e. The number of methoxy groups -OCH3 is 1. The number of benzene rings is 2. The van der Waals surface area contributed by atoms with Crippen molar-refractivity contribution in [2.75, 3.05) is 18.4 Å². The summed E-state index contributed by atoms with van der Waals surface area (Å²) in [6.07, 6.45) is 2.85. The molecule has 0 saturated carbocycles. The van der Waals surface area contributed by atoms with Crippen LogP contribution in [0.4, 0.5) is 5.69 Å². The van der Waals surface area contributed by atoms with Gasteiger partial charge in [-0.1, -0.05) is 12.1 Å². The molecule has 0 fully saturated rings. The molecule has 4 rings (SSSR count). The molecule has 2 aromatic carbocycles. The van der Waals surface area contributed by atoms with Crippen LogP contribution in [0.1, 0.15) is 0 Å². The summed E-state index contributed by atoms with van der Waals surface area (Å²) in [5.74, 6) is 1.99. The van der Waals surface area contributed by atoms with Crippen LogP contribution in [-0.4, -0.2) is 38.0 Å². The van der Waals surface area contributed by atoms with Gasteiger partial charge < -0.3 is 14.2 Å². The van der Waals surface area contributed by atoms with Gasteiger partial charge in [0.05, 0.1) is 30.4 Å². The summed E-state index contributed by atoms with van der Waals surface area (Å²) in [4.78, 5) is 0.140. The van der Waals surface area contributed by atoms with E-state index in [9.17, 15) is 8.42 Å². The smallest absolute Gasteiger partial charge is 0.261 e. The van der Waals surface area contributed by atoms with E-state index >= 15 is 0 Å². The fraction of sp³-hybridized carbons (Fsp3) is 0.211. The second kappa shape index (κ2) is 7.43. The molecule has 1 atom stereocenters. The van der Waals surface area contributed by atoms with Crippen molar-refractivity contribution in [1.82, 2.24) is 9.78 Å². The van der Waals surface area contributed by atoms with Gasteiger partial charge in [0.1, 0.15) is 12.4 Å². The predicted octanol–water partition coefficient (Wildman–Crippen LogP) is 2.53. The Morgan fingerprint density at radius 3 is 2.68 bits per heavy atom. The van der Waals surface area contributed by atoms with Crippen LogP contribution < -0.4 is 18.9 Å². The van der Waals surface area contributed by atoms with Crippen LogP contribution in [-0.2, 0) is 16.6 Å². The minimum atomic E-state index is -3.71. The van der Waals surface area contributed by atoms with E-state index in [1.807, 2.05) is 24.3 Å². The van der Waals surface area contributed by atoms with E-state index in [0.29, 0.717) is 36.1 Å². The van der Waals surface area contributed by atoms with Crippen LogP contribution in [0.5, 0.6) is 17.2 Å². The number of hydrogen-bond acceptors (Lipinski definition) is 6. The zero-order valence-electron chi connectivity index (χ0n) is 15.1. The summed E-state index contributed by atoms with van der Waals surface area (Å²) in [5, 5.41) is 4.21. The molecule has 8 nitrogen and oxygen atoms in total. The molecule has 1 aliphatic heterocycles. The Bertz CT molecular complexity index is 1060. The molecule has 28 heavy (non-hydrogen) atoms. The van der Waals surface area contributed by atoms with Gasteiger partial charge in [-0.3, -0.25) is 9.40 Å². The van der Waals surface area contributed by atoms with Crippen molar-refractivity contribution in [1.29, 1.82) is 0 Å². The molecule has 1 unspecified atom stereocenters. The first-order valence-corrected chi connectivity index (χ1v) is 10.1. The van der Waals surface area contributed by atoms with E-state index in [1.165, 1.54) is 25.4 Å². The molecule has 9 heteroatoms. The highest BCUT2D eigenvalue weighted by molar-refractivity contribution is 7.92. The monoisotopic (exact) mass is 401 g/mol. The lowest BCUT2D eigenvalue weighted by atomic mass is 10.2. The summed E-state index contributed by atoms with van der Waals surface area (Å²) in [5.41, 5.74) is 0.368. The van der Waals surface area contributed by atoms with Gasteiger partial charge in [0, 0.05) is 6.20 Å². The molecular weight excluding hydrogens is 382 g/mol. The molecule has 1 aromatic heterocycles. The normalized spacial score (nSPS) is 15.8. The first-order chi connectivity index (χ1) is 13.5. The second-order valence-electron chi connectivity index (χ2n) is 6.23. The molecule has 1 N–H and O–H groups in total. The average molecular weight is 401 g/mol. The topological polar surface area (TPSA) is 91.7 Å². The van der Waals surface area contributed by atoms with Gasteiger partial charge in [-0.2, -0.15) is 5.10 Å². The number of rotatable bonds is 6. The number of fused-ring (bicyclic) bond motifs is 1. The number of aromatic nitrogens is 2. The zero-order valence-corrected chi connectivity index (χ0v) is 15.9. The number of ether oxygens (including phenoxy) is 3. The van der Waals surface area contributed by atoms with Crippen molar-refractivity contribution >= 4 is 15.7 Å². The van der Waals surface area contributed by atoms with Gasteiger partial charge in [-0.05, 0) is 36.4 Å². The summed E-state index contributed by atoms with van der Waals surface area (Å²) >= 11 is 0. The molecular formula is C19H19N3O5S. The third-order valence-corrected chi connectivity index (χ3v) is 5.61. The van der Waals surface area contributed by atoms with E-state index in [4.69, 9.17) is 14.2 Å². The molecule has 2 heterocycles. The summed E-state index contributed by atoms with van der Waals surface area (Å²) in [7, 11) is -2.19. The number of sulfonamides is 1. The van der Waals surface area contributed by atoms with Gasteiger partial charge in [0.15, 0.2) is 17.6 Å². The molecule has 146 valence electrons. The average Bonchev–Trinajstić information content (AvgIpc) is 3.14. The predicted molar refractivity (Wildman–Crippen MR) is 102 cm³/mol. The van der Waals surface area contributed by atoms with Crippen LogP contribution in [0.3, 0.4) is 0 Å². The number of hydrogen-bond donors (Lipinski definition) is 1. The number of nitrogens with one attached hydrogen (secondary N) is 1. The quantitative estimate of drug-likeness (QED) is 0.683. The maximum absolute atomic E-state index is 12.5. The Labute approximate surface area is 162 Å². The minimum Gasteiger partial charge on any atom is -0.497 e. The lowest BCUT2D eigenvalue weighted by molar-refractivity contribution is 0.0759. The Balaban J connectivity index is 1.41. The SMILES string of the molecule is COc1ccc(S(=O)(=O)Nc2cnn(CC3COc4ccccc4O3)c2)cc1. The Morgan fingerprint density at radius 1 is 1.18 bits per heavy atom. The van der Waals surface area contributed by atoms with Crippen LogP contribution in [0.25, 0.3) is 0 Å². The standard InChI is InChI=1S/C19H19N3O5S/c1-25-15-6-8-17(9-7-15)28(23,24)21-14-10-20-22(11-14)12-16-13-26-18-4-2-3-5-19(18)27-16/h2-11,16,21H,12-13H2,1H3. The van der Waals surface area contributed by atoms with Crippen molar-refractivity contribution in [2.45, 2.75) is 17.5 Å². The highest BCUT2D eigenvalue weighted by atomic mass is 32.2. The van der Waals surface area contributed by atoms with Crippen LogP contribution in [0, 0.1) is 0 Å². The number of para-hydroxylation sites is 2. The third-order valence-electron chi connectivity index (χ3n) is 4.21. The van der Waals surface area contributed by atoms with Gasteiger partial charge in [-0.25, -0.2) is 8.42 Å². The maximum atomic E-state index is 12.5. The van der Waals surface area contributed by atoms with E-state index in [2.05, 4.69) is 9.82 Å². The molecule has 0 aliphatic carbocycles. The molecule has 0 radical (unpaired) electrons. The molecule has 1 aliphatic rings. The minimum absolute atomic E-state index is 0.140. The van der Waals surface area contributed by atoms with Crippen molar-refractivity contribution in [3.63, 3.8) is 0 Å². The molecule has 3 aromatic rings. The molecule has 0 bridgehead atoms. The van der Waals surface area contributed by atoms with Crippen molar-refractivity contribution in [3.8, 4) is 17.2 Å². The van der Waals surface area contributed by atoms with Crippen molar-refractivity contribution in [2.24, 2.45) is 0 Å². The zero-order chi connectivity index (χ0) is 19.6.